The van der Waals surface area contributed by atoms with Crippen molar-refractivity contribution in [3.8, 4) is 0 Å². The van der Waals surface area contributed by atoms with Crippen molar-refractivity contribution < 1.29 is 4.79 Å². The van der Waals surface area contributed by atoms with Crippen molar-refractivity contribution in [2.24, 2.45) is 4.99 Å². The highest BCUT2D eigenvalue weighted by atomic mass is 127. The molecule has 1 amide bonds. The number of hydrogen-bond donors (Lipinski definition) is 3. The summed E-state index contributed by atoms with van der Waals surface area (Å²) in [4.78, 5) is 25.0. The van der Waals surface area contributed by atoms with Crippen LogP contribution in [0, 0.1) is 6.92 Å². The first-order chi connectivity index (χ1) is 12.5. The van der Waals surface area contributed by atoms with Gasteiger partial charge < -0.3 is 16.0 Å². The van der Waals surface area contributed by atoms with E-state index in [-0.39, 0.29) is 29.9 Å². The van der Waals surface area contributed by atoms with Gasteiger partial charge in [-0.25, -0.2) is 9.97 Å². The Morgan fingerprint density at radius 1 is 1.26 bits per heavy atom. The van der Waals surface area contributed by atoms with Gasteiger partial charge in [0.05, 0.1) is 12.2 Å². The number of hydrogen-bond acceptors (Lipinski definition) is 5. The molecule has 0 fully saturated rings. The van der Waals surface area contributed by atoms with Crippen LogP contribution in [0.15, 0.2) is 28.6 Å². The van der Waals surface area contributed by atoms with Crippen LogP contribution in [-0.2, 0) is 11.3 Å². The molecule has 0 unspecified atom stereocenters. The van der Waals surface area contributed by atoms with Gasteiger partial charge in [-0.15, -0.1) is 35.3 Å². The van der Waals surface area contributed by atoms with Gasteiger partial charge in [0.1, 0.15) is 10.8 Å². The third kappa shape index (κ3) is 8.21. The van der Waals surface area contributed by atoms with E-state index >= 15 is 0 Å². The van der Waals surface area contributed by atoms with Crippen molar-refractivity contribution >= 4 is 53.0 Å². The third-order valence-corrected chi connectivity index (χ3v) is 4.46. The molecule has 7 nitrogen and oxygen atoms in total. The molecule has 0 saturated carbocycles. The molecule has 0 radical (unpaired) electrons. The number of anilines is 1. The number of pyridine rings is 1. The molecule has 0 atom stereocenters. The summed E-state index contributed by atoms with van der Waals surface area (Å²) in [6.45, 7) is 7.23. The Hall–Kier alpha value is -1.75. The standard InChI is InChI=1S/C18H26N6OS.HI/c1-12(2)14-11-26-17(23-14)10-21-18(19-4)20-9-8-16(25)24-15-7-5-6-13(3)22-15;/h5-7,11-12H,8-10H2,1-4H3,(H2,19,20,21)(H,22,24,25);1H. The van der Waals surface area contributed by atoms with Crippen molar-refractivity contribution in [2.45, 2.75) is 39.7 Å². The lowest BCUT2D eigenvalue weighted by molar-refractivity contribution is -0.116. The average Bonchev–Trinajstić information content (AvgIpc) is 3.07. The smallest absolute Gasteiger partial charge is 0.227 e. The number of aryl methyl sites for hydroxylation is 1. The molecule has 27 heavy (non-hydrogen) atoms. The van der Waals surface area contributed by atoms with Gasteiger partial charge in [-0.3, -0.25) is 9.79 Å². The summed E-state index contributed by atoms with van der Waals surface area (Å²) in [5.41, 5.74) is 1.98. The topological polar surface area (TPSA) is 91.3 Å². The number of carbonyl (C=O) groups is 1. The predicted molar refractivity (Wildman–Crippen MR) is 122 cm³/mol. The first kappa shape index (κ1) is 23.3. The highest BCUT2D eigenvalue weighted by molar-refractivity contribution is 14.0. The SMILES string of the molecule is CN=C(NCCC(=O)Nc1cccc(C)n1)NCc1nc(C(C)C)cs1.I. The molecule has 0 aliphatic heterocycles. The van der Waals surface area contributed by atoms with E-state index in [1.807, 2.05) is 19.1 Å². The minimum atomic E-state index is -0.0902. The van der Waals surface area contributed by atoms with Gasteiger partial charge in [-0.2, -0.15) is 0 Å². The van der Waals surface area contributed by atoms with Gasteiger partial charge >= 0.3 is 0 Å². The first-order valence-corrected chi connectivity index (χ1v) is 9.48. The Bertz CT molecular complexity index is 762. The van der Waals surface area contributed by atoms with Crippen LogP contribution < -0.4 is 16.0 Å². The molecule has 0 saturated heterocycles. The predicted octanol–water partition coefficient (Wildman–Crippen LogP) is 3.28. The monoisotopic (exact) mass is 502 g/mol. The van der Waals surface area contributed by atoms with Crippen molar-refractivity contribution in [1.29, 1.82) is 0 Å². The number of halogens is 1. The number of rotatable bonds is 7. The highest BCUT2D eigenvalue weighted by Crippen LogP contribution is 2.17. The van der Waals surface area contributed by atoms with Gasteiger partial charge in [0.15, 0.2) is 5.96 Å². The van der Waals surface area contributed by atoms with Crippen molar-refractivity contribution in [2.75, 3.05) is 18.9 Å². The maximum absolute atomic E-state index is 12.0. The van der Waals surface area contributed by atoms with E-state index in [9.17, 15) is 4.79 Å². The van der Waals surface area contributed by atoms with E-state index in [0.717, 1.165) is 16.4 Å². The van der Waals surface area contributed by atoms with E-state index in [2.05, 4.69) is 50.1 Å². The minimum absolute atomic E-state index is 0. The van der Waals surface area contributed by atoms with Crippen molar-refractivity contribution in [3.05, 3.63) is 40.0 Å². The fraction of sp³-hybridized carbons (Fsp3) is 0.444. The highest BCUT2D eigenvalue weighted by Gasteiger charge is 2.07. The number of guanidine groups is 1. The number of nitrogens with one attached hydrogen (secondary N) is 3. The molecule has 148 valence electrons. The zero-order valence-corrected chi connectivity index (χ0v) is 19.2. The van der Waals surface area contributed by atoms with Crippen LogP contribution in [0.25, 0.3) is 0 Å². The van der Waals surface area contributed by atoms with Gasteiger partial charge in [0.25, 0.3) is 0 Å². The van der Waals surface area contributed by atoms with Gasteiger partial charge in [-0.05, 0) is 25.0 Å². The Balaban J connectivity index is 0.00000364. The van der Waals surface area contributed by atoms with E-state index < -0.39 is 0 Å². The third-order valence-electron chi connectivity index (χ3n) is 3.59. The molecular formula is C18H27IN6OS. The summed E-state index contributed by atoms with van der Waals surface area (Å²) in [6, 6.07) is 5.53. The summed E-state index contributed by atoms with van der Waals surface area (Å²) in [5, 5.41) is 12.2. The maximum Gasteiger partial charge on any atom is 0.227 e. The summed E-state index contributed by atoms with van der Waals surface area (Å²) in [7, 11) is 1.70. The number of aliphatic imine (C=N–C) groups is 1. The first-order valence-electron chi connectivity index (χ1n) is 8.60. The van der Waals surface area contributed by atoms with Crippen molar-refractivity contribution in [1.82, 2.24) is 20.6 Å². The lowest BCUT2D eigenvalue weighted by atomic mass is 10.2. The molecule has 0 aliphatic carbocycles. The second kappa shape index (κ2) is 11.9. The van der Waals surface area contributed by atoms with E-state index in [1.165, 1.54) is 0 Å². The number of thiazole rings is 1. The second-order valence-corrected chi connectivity index (χ2v) is 7.08. The molecule has 0 bridgehead atoms. The van der Waals surface area contributed by atoms with Crippen molar-refractivity contribution in [3.63, 3.8) is 0 Å². The molecule has 9 heteroatoms. The van der Waals surface area contributed by atoms with Gasteiger partial charge in [-0.1, -0.05) is 19.9 Å². The van der Waals surface area contributed by atoms with Crippen LogP contribution in [0.5, 0.6) is 0 Å². The summed E-state index contributed by atoms with van der Waals surface area (Å²) < 4.78 is 0. The largest absolute Gasteiger partial charge is 0.356 e. The average molecular weight is 502 g/mol. The normalized spacial score (nSPS) is 11.1. The summed E-state index contributed by atoms with van der Waals surface area (Å²) in [6.07, 6.45) is 0.324. The summed E-state index contributed by atoms with van der Waals surface area (Å²) in [5.74, 6) is 1.56. The van der Waals surface area contributed by atoms with E-state index in [1.54, 1.807) is 24.5 Å². The molecular weight excluding hydrogens is 475 g/mol. The summed E-state index contributed by atoms with van der Waals surface area (Å²) >= 11 is 1.63. The van der Waals surface area contributed by atoms with Gasteiger partial charge in [0, 0.05) is 31.1 Å². The van der Waals surface area contributed by atoms with Gasteiger partial charge in [0.2, 0.25) is 5.91 Å². The van der Waals surface area contributed by atoms with Crippen LogP contribution in [0.4, 0.5) is 5.82 Å². The molecule has 2 heterocycles. The van der Waals surface area contributed by atoms with Crippen LogP contribution in [-0.4, -0.2) is 35.4 Å². The lowest BCUT2D eigenvalue weighted by Crippen LogP contribution is -2.38. The Kier molecular flexibility index (Phi) is 10.2. The zero-order chi connectivity index (χ0) is 18.9. The van der Waals surface area contributed by atoms with Crippen LogP contribution in [0.1, 0.15) is 42.6 Å². The second-order valence-electron chi connectivity index (χ2n) is 6.14. The fourth-order valence-corrected chi connectivity index (χ4v) is 3.06. The molecule has 0 spiro atoms. The van der Waals surface area contributed by atoms with E-state index in [0.29, 0.717) is 37.2 Å². The zero-order valence-electron chi connectivity index (χ0n) is 16.1. The quantitative estimate of drug-likeness (QED) is 0.307. The Labute approximate surface area is 181 Å². The molecule has 2 aromatic rings. The van der Waals surface area contributed by atoms with Crippen LogP contribution in [0.3, 0.4) is 0 Å². The molecule has 0 aromatic carbocycles. The Morgan fingerprint density at radius 2 is 2.04 bits per heavy atom. The Morgan fingerprint density at radius 3 is 2.67 bits per heavy atom. The number of carbonyl (C=O) groups excluding carboxylic acids is 1. The molecule has 2 rings (SSSR count). The molecule has 0 aliphatic rings. The number of amides is 1. The van der Waals surface area contributed by atoms with Crippen LogP contribution in [0.2, 0.25) is 0 Å². The number of nitrogens with zero attached hydrogens (tertiary/aromatic N) is 3. The maximum atomic E-state index is 12.0. The number of aromatic nitrogens is 2. The molecule has 2 aromatic heterocycles. The van der Waals surface area contributed by atoms with Crippen LogP contribution >= 0.6 is 35.3 Å². The lowest BCUT2D eigenvalue weighted by Gasteiger charge is -2.11. The van der Waals surface area contributed by atoms with E-state index in [4.69, 9.17) is 0 Å². The minimum Gasteiger partial charge on any atom is -0.356 e. The molecule has 3 N–H and O–H groups in total. The fourth-order valence-electron chi connectivity index (χ4n) is 2.16.